The summed E-state index contributed by atoms with van der Waals surface area (Å²) >= 11 is 0. The van der Waals surface area contributed by atoms with Gasteiger partial charge in [0, 0.05) is 86.1 Å². The topological polar surface area (TPSA) is 162 Å². The minimum absolute atomic E-state index is 0. The van der Waals surface area contributed by atoms with E-state index in [1.165, 1.54) is 0 Å². The van der Waals surface area contributed by atoms with Gasteiger partial charge in [0.15, 0.2) is 0 Å². The van der Waals surface area contributed by atoms with Gasteiger partial charge in [-0.2, -0.15) is 0 Å². The molecular weight excluding hydrogens is 327 g/mol. The van der Waals surface area contributed by atoms with Gasteiger partial charge in [0.25, 0.3) is 0 Å². The maximum absolute atomic E-state index is 7.15. The molecule has 8 nitrogen and oxygen atoms in total. The third-order valence-electron chi connectivity index (χ3n) is 0. The van der Waals surface area contributed by atoms with Crippen LogP contribution in [0, 0.1) is 0 Å². The Balaban J connectivity index is -0.00000000620. The first-order chi connectivity index (χ1) is 7.41. The molecule has 0 aliphatic rings. The molecule has 17 heavy (non-hydrogen) atoms. The third-order valence-corrected chi connectivity index (χ3v) is 0. The summed E-state index contributed by atoms with van der Waals surface area (Å²) in [5.74, 6) is 0. The summed E-state index contributed by atoms with van der Waals surface area (Å²) in [5, 5.41) is 42.0. The standard InChI is InChI=1S/6CH4O.H3O2P.2Ti/c6*1-2;1-3-2;;/h6*2H,1H3;1-3H;;. The van der Waals surface area contributed by atoms with E-state index in [1.54, 1.807) is 0 Å². The molecular formula is C6H27O8PTi2. The van der Waals surface area contributed by atoms with Crippen molar-refractivity contribution in [1.82, 2.24) is 0 Å². The molecule has 0 saturated heterocycles. The molecule has 0 aromatic heterocycles. The molecule has 0 heterocycles. The Hall–Kier alpha value is 1.54. The fourth-order valence-corrected chi connectivity index (χ4v) is 0. The zero-order chi connectivity index (χ0) is 14.7. The monoisotopic (exact) mass is 354 g/mol. The summed E-state index contributed by atoms with van der Waals surface area (Å²) in [4.78, 5) is 14.3. The van der Waals surface area contributed by atoms with Gasteiger partial charge in [0.2, 0.25) is 0 Å². The van der Waals surface area contributed by atoms with Crippen molar-refractivity contribution in [2.24, 2.45) is 0 Å². The number of aliphatic hydroxyl groups excluding tert-OH is 6. The van der Waals surface area contributed by atoms with Crippen LogP contribution < -0.4 is 0 Å². The molecule has 8 N–H and O–H groups in total. The Morgan fingerprint density at radius 1 is 0.412 bits per heavy atom. The van der Waals surface area contributed by atoms with E-state index in [0.29, 0.717) is 0 Å². The first-order valence-corrected chi connectivity index (χ1v) is 4.02. The summed E-state index contributed by atoms with van der Waals surface area (Å²) in [6, 6.07) is 0. The zero-order valence-corrected chi connectivity index (χ0v) is 15.2. The molecule has 0 bridgehead atoms. The van der Waals surface area contributed by atoms with Gasteiger partial charge >= 0.3 is 0 Å². The van der Waals surface area contributed by atoms with Crippen molar-refractivity contribution in [2.75, 3.05) is 42.7 Å². The first kappa shape index (κ1) is 62.7. The predicted molar refractivity (Wildman–Crippen MR) is 61.6 cm³/mol. The summed E-state index contributed by atoms with van der Waals surface area (Å²) in [5.41, 5.74) is 0. The van der Waals surface area contributed by atoms with Crippen molar-refractivity contribution in [1.29, 1.82) is 0 Å². The average molecular weight is 354 g/mol. The van der Waals surface area contributed by atoms with E-state index in [4.69, 9.17) is 40.4 Å². The molecule has 0 spiro atoms. The molecule has 0 fully saturated rings. The molecule has 0 rings (SSSR count). The van der Waals surface area contributed by atoms with Crippen LogP contribution in [0.4, 0.5) is 0 Å². The summed E-state index contributed by atoms with van der Waals surface area (Å²) in [7, 11) is 5.08. The Morgan fingerprint density at radius 3 is 0.412 bits per heavy atom. The summed E-state index contributed by atoms with van der Waals surface area (Å²) < 4.78 is 0. The van der Waals surface area contributed by atoms with E-state index in [9.17, 15) is 0 Å². The Bertz CT molecular complexity index is 28.0. The molecule has 0 aliphatic carbocycles. The van der Waals surface area contributed by atoms with Gasteiger partial charge in [0.1, 0.15) is 9.03 Å². The van der Waals surface area contributed by atoms with E-state index in [0.717, 1.165) is 42.7 Å². The quantitative estimate of drug-likeness (QED) is 0.170. The largest absolute Gasteiger partial charge is 0.400 e. The van der Waals surface area contributed by atoms with E-state index < -0.39 is 9.03 Å². The number of aliphatic hydroxyl groups is 6. The average Bonchev–Trinajstić information content (AvgIpc) is 2.44. The third kappa shape index (κ3) is 1790. The predicted octanol–water partition coefficient (Wildman–Crippen LogP) is -2.87. The second-order valence-electron chi connectivity index (χ2n) is 0.100. The van der Waals surface area contributed by atoms with Crippen molar-refractivity contribution >= 4 is 9.03 Å². The van der Waals surface area contributed by atoms with Gasteiger partial charge < -0.3 is 40.4 Å². The van der Waals surface area contributed by atoms with E-state index in [1.807, 2.05) is 0 Å². The fraction of sp³-hybridized carbons (Fsp3) is 1.00. The van der Waals surface area contributed by atoms with Crippen molar-refractivity contribution in [3.05, 3.63) is 0 Å². The van der Waals surface area contributed by atoms with Gasteiger partial charge in [-0.1, -0.05) is 0 Å². The van der Waals surface area contributed by atoms with Crippen LogP contribution in [-0.2, 0) is 43.4 Å². The molecule has 0 aromatic rings. The van der Waals surface area contributed by atoms with Gasteiger partial charge in [-0.05, 0) is 0 Å². The molecule has 0 amide bonds. The number of hydrogen-bond acceptors (Lipinski definition) is 8. The molecule has 0 atom stereocenters. The van der Waals surface area contributed by atoms with Crippen LogP contribution in [0.1, 0.15) is 0 Å². The van der Waals surface area contributed by atoms with Gasteiger partial charge in [-0.3, -0.25) is 0 Å². The van der Waals surface area contributed by atoms with Gasteiger partial charge in [-0.15, -0.1) is 0 Å². The van der Waals surface area contributed by atoms with Crippen LogP contribution in [0.5, 0.6) is 0 Å². The van der Waals surface area contributed by atoms with Crippen molar-refractivity contribution in [3.8, 4) is 0 Å². The molecule has 0 aliphatic heterocycles. The van der Waals surface area contributed by atoms with Gasteiger partial charge in [0.05, 0.1) is 0 Å². The second-order valence-corrected chi connectivity index (χ2v) is 0.300. The molecule has 0 aromatic carbocycles. The smallest absolute Gasteiger partial charge is 0.149 e. The Labute approximate surface area is 135 Å². The molecule has 0 radical (unpaired) electrons. The van der Waals surface area contributed by atoms with Crippen molar-refractivity contribution < 1.29 is 83.9 Å². The second kappa shape index (κ2) is 744. The molecule has 112 valence electrons. The molecule has 11 heteroatoms. The van der Waals surface area contributed by atoms with E-state index in [2.05, 4.69) is 0 Å². The van der Waals surface area contributed by atoms with Crippen LogP contribution in [0.3, 0.4) is 0 Å². The number of rotatable bonds is 0. The van der Waals surface area contributed by atoms with Crippen LogP contribution in [0.2, 0.25) is 0 Å². The van der Waals surface area contributed by atoms with Gasteiger partial charge in [-0.25, -0.2) is 0 Å². The SMILES string of the molecule is CO.CO.CO.CO.CO.CO.OPO.[Ti].[Ti]. The minimum Gasteiger partial charge on any atom is -0.400 e. The van der Waals surface area contributed by atoms with Crippen LogP contribution in [0.25, 0.3) is 0 Å². The fourth-order valence-electron chi connectivity index (χ4n) is 0. The van der Waals surface area contributed by atoms with Crippen LogP contribution in [-0.4, -0.2) is 83.1 Å². The maximum Gasteiger partial charge on any atom is 0.149 e. The Morgan fingerprint density at radius 2 is 0.412 bits per heavy atom. The zero-order valence-electron chi connectivity index (χ0n) is 11.1. The minimum atomic E-state index is -0.917. The van der Waals surface area contributed by atoms with E-state index >= 15 is 0 Å². The van der Waals surface area contributed by atoms with Crippen molar-refractivity contribution in [3.63, 3.8) is 0 Å². The van der Waals surface area contributed by atoms with Crippen LogP contribution in [0.15, 0.2) is 0 Å². The molecule has 0 unspecified atom stereocenters. The first-order valence-electron chi connectivity index (χ1n) is 3.13. The molecule has 0 saturated carbocycles. The Kier molecular flexibility index (Phi) is 2740. The van der Waals surface area contributed by atoms with Crippen molar-refractivity contribution in [2.45, 2.75) is 0 Å². The maximum atomic E-state index is 7.15. The van der Waals surface area contributed by atoms with E-state index in [-0.39, 0.29) is 43.4 Å². The van der Waals surface area contributed by atoms with Crippen LogP contribution >= 0.6 is 9.03 Å². The summed E-state index contributed by atoms with van der Waals surface area (Å²) in [6.07, 6.45) is 0. The normalized spacial score (nSPS) is 3.18. The number of hydrogen-bond donors (Lipinski definition) is 8. The summed E-state index contributed by atoms with van der Waals surface area (Å²) in [6.45, 7) is 0.